The molecule has 0 spiro atoms. The molecule has 0 saturated carbocycles. The molecule has 0 saturated heterocycles. The number of ether oxygens (including phenoxy) is 1. The predicted octanol–water partition coefficient (Wildman–Crippen LogP) is 4.78. The molecular weight excluding hydrogens is 322 g/mol. The van der Waals surface area contributed by atoms with Gasteiger partial charge in [0.05, 0.1) is 18.5 Å². The zero-order valence-corrected chi connectivity index (χ0v) is 15.7. The Morgan fingerprint density at radius 3 is 2.73 bits per heavy atom. The van der Waals surface area contributed by atoms with Crippen molar-refractivity contribution in [2.45, 2.75) is 44.9 Å². The second-order valence-corrected chi connectivity index (χ2v) is 7.24. The lowest BCUT2D eigenvalue weighted by Crippen LogP contribution is -2.01. The van der Waals surface area contributed by atoms with Gasteiger partial charge in [-0.25, -0.2) is 4.99 Å². The first-order chi connectivity index (χ1) is 12.7. The first-order valence-corrected chi connectivity index (χ1v) is 9.63. The molecule has 1 aliphatic heterocycles. The van der Waals surface area contributed by atoms with Gasteiger partial charge in [-0.2, -0.15) is 0 Å². The Morgan fingerprint density at radius 1 is 1.15 bits per heavy atom. The second kappa shape index (κ2) is 7.40. The van der Waals surface area contributed by atoms with Crippen LogP contribution in [0.15, 0.2) is 46.9 Å². The van der Waals surface area contributed by atoms with Crippen LogP contribution in [-0.2, 0) is 24.6 Å². The summed E-state index contributed by atoms with van der Waals surface area (Å²) in [7, 11) is 3.75. The van der Waals surface area contributed by atoms with Crippen molar-refractivity contribution >= 4 is 11.8 Å². The van der Waals surface area contributed by atoms with E-state index in [1.165, 1.54) is 49.1 Å². The van der Waals surface area contributed by atoms with Gasteiger partial charge in [-0.1, -0.05) is 19.3 Å². The Kier molecular flexibility index (Phi) is 4.83. The van der Waals surface area contributed by atoms with E-state index in [0.29, 0.717) is 0 Å². The molecule has 0 radical (unpaired) electrons. The maximum absolute atomic E-state index is 5.60. The Labute approximate surface area is 155 Å². The summed E-state index contributed by atoms with van der Waals surface area (Å²) in [5, 5.41) is 0. The topological polar surface area (TPSA) is 42.3 Å². The molecule has 0 aromatic carbocycles. The molecule has 2 aromatic rings. The highest BCUT2D eigenvalue weighted by atomic mass is 16.5. The number of fused-ring (bicyclic) bond motifs is 2. The van der Waals surface area contributed by atoms with Gasteiger partial charge in [0.15, 0.2) is 0 Å². The summed E-state index contributed by atoms with van der Waals surface area (Å²) in [5.74, 6) is 0.826. The van der Waals surface area contributed by atoms with Crippen LogP contribution in [0.1, 0.15) is 54.7 Å². The number of H-pyrrole nitrogens is 1. The van der Waals surface area contributed by atoms with E-state index in [2.05, 4.69) is 27.8 Å². The van der Waals surface area contributed by atoms with Gasteiger partial charge >= 0.3 is 0 Å². The van der Waals surface area contributed by atoms with Gasteiger partial charge in [-0.3, -0.25) is 0 Å². The number of aliphatic imine (C=N–C) groups is 1. The summed E-state index contributed by atoms with van der Waals surface area (Å²) in [6.07, 6.45) is 15.1. The maximum atomic E-state index is 5.60. The van der Waals surface area contributed by atoms with Crippen molar-refractivity contribution in [1.82, 2.24) is 9.55 Å². The first kappa shape index (κ1) is 17.0. The lowest BCUT2D eigenvalue weighted by Gasteiger charge is -2.04. The van der Waals surface area contributed by atoms with Crippen LogP contribution in [0.4, 0.5) is 0 Å². The third-order valence-electron chi connectivity index (χ3n) is 5.35. The molecule has 1 N–H and O–H groups in total. The number of aromatic amines is 1. The molecule has 2 bridgehead atoms. The summed E-state index contributed by atoms with van der Waals surface area (Å²) in [5.41, 5.74) is 6.90. The van der Waals surface area contributed by atoms with E-state index in [4.69, 9.17) is 9.73 Å². The fraction of sp³-hybridized carbons (Fsp3) is 0.409. The number of nitrogens with zero attached hydrogens (tertiary/aromatic N) is 2. The molecule has 1 aliphatic carbocycles. The van der Waals surface area contributed by atoms with Crippen LogP contribution < -0.4 is 0 Å². The number of hydrogen-bond donors (Lipinski definition) is 1. The van der Waals surface area contributed by atoms with Gasteiger partial charge in [-0.05, 0) is 55.5 Å². The molecule has 4 heteroatoms. The number of aromatic nitrogens is 2. The van der Waals surface area contributed by atoms with Crippen LogP contribution in [0, 0.1) is 0 Å². The molecule has 0 amide bonds. The van der Waals surface area contributed by atoms with Crippen LogP contribution in [0.25, 0.3) is 6.08 Å². The molecule has 2 aromatic heterocycles. The fourth-order valence-corrected chi connectivity index (χ4v) is 3.89. The third kappa shape index (κ3) is 3.41. The molecule has 2 aliphatic rings. The average molecular weight is 349 g/mol. The van der Waals surface area contributed by atoms with Gasteiger partial charge in [0.1, 0.15) is 11.5 Å². The van der Waals surface area contributed by atoms with Crippen LogP contribution in [0.2, 0.25) is 0 Å². The van der Waals surface area contributed by atoms with Gasteiger partial charge in [0.25, 0.3) is 0 Å². The Bertz CT molecular complexity index is 879. The Hall–Kier alpha value is -2.49. The molecule has 3 heterocycles. The van der Waals surface area contributed by atoms with Crippen molar-refractivity contribution in [2.75, 3.05) is 7.11 Å². The highest BCUT2D eigenvalue weighted by Crippen LogP contribution is 2.27. The summed E-state index contributed by atoms with van der Waals surface area (Å²) in [4.78, 5) is 8.48. The highest BCUT2D eigenvalue weighted by Gasteiger charge is 2.19. The SMILES string of the molecule is COC1=CC(c2cccn2C)=NC1=Cc1[nH]c2cc1CCCCCCC2. The van der Waals surface area contributed by atoms with Crippen LogP contribution >= 0.6 is 0 Å². The predicted molar refractivity (Wildman–Crippen MR) is 106 cm³/mol. The summed E-state index contributed by atoms with van der Waals surface area (Å²) in [6, 6.07) is 6.47. The molecule has 0 fully saturated rings. The standard InChI is InChI=1S/C22H27N3O/c1-25-12-8-11-21(25)19-15-22(26-2)20(24-19)14-18-16-9-6-4-3-5-7-10-17(13-16)23-18/h8,11-15,23H,3-7,9-10H2,1-2H3. The zero-order chi connectivity index (χ0) is 17.9. The van der Waals surface area contributed by atoms with Gasteiger partial charge in [0.2, 0.25) is 0 Å². The third-order valence-corrected chi connectivity index (χ3v) is 5.35. The number of rotatable bonds is 3. The Morgan fingerprint density at radius 2 is 1.96 bits per heavy atom. The lowest BCUT2D eigenvalue weighted by atomic mass is 10.0. The van der Waals surface area contributed by atoms with Gasteiger partial charge in [0, 0.05) is 30.7 Å². The van der Waals surface area contributed by atoms with E-state index in [1.54, 1.807) is 7.11 Å². The molecule has 26 heavy (non-hydrogen) atoms. The van der Waals surface area contributed by atoms with Crippen LogP contribution in [-0.4, -0.2) is 22.4 Å². The quantitative estimate of drug-likeness (QED) is 0.851. The largest absolute Gasteiger partial charge is 0.494 e. The van der Waals surface area contributed by atoms with Crippen LogP contribution in [0.5, 0.6) is 0 Å². The van der Waals surface area contributed by atoms with Crippen molar-refractivity contribution in [1.29, 1.82) is 0 Å². The number of allylic oxidation sites excluding steroid dienone is 1. The van der Waals surface area contributed by atoms with Gasteiger partial charge < -0.3 is 14.3 Å². The van der Waals surface area contributed by atoms with E-state index in [1.807, 2.05) is 25.4 Å². The van der Waals surface area contributed by atoms with Crippen molar-refractivity contribution in [2.24, 2.45) is 12.0 Å². The second-order valence-electron chi connectivity index (χ2n) is 7.24. The average Bonchev–Trinajstić information content (AvgIpc) is 3.33. The maximum Gasteiger partial charge on any atom is 0.146 e. The highest BCUT2D eigenvalue weighted by molar-refractivity contribution is 6.11. The minimum atomic E-state index is 0.826. The number of nitrogens with one attached hydrogen (secondary N) is 1. The molecule has 4 nitrogen and oxygen atoms in total. The Balaban J connectivity index is 1.68. The normalized spacial score (nSPS) is 19.4. The molecule has 4 rings (SSSR count). The van der Waals surface area contributed by atoms with E-state index < -0.39 is 0 Å². The number of aryl methyl sites for hydroxylation is 3. The van der Waals surface area contributed by atoms with Crippen LogP contribution in [0.3, 0.4) is 0 Å². The number of hydrogen-bond acceptors (Lipinski definition) is 2. The van der Waals surface area contributed by atoms with Crippen molar-refractivity contribution < 1.29 is 4.74 Å². The minimum absolute atomic E-state index is 0.826. The molecular formula is C22H27N3O. The van der Waals surface area contributed by atoms with Gasteiger partial charge in [-0.15, -0.1) is 0 Å². The van der Waals surface area contributed by atoms with E-state index in [-0.39, 0.29) is 0 Å². The summed E-state index contributed by atoms with van der Waals surface area (Å²) >= 11 is 0. The first-order valence-electron chi connectivity index (χ1n) is 9.63. The zero-order valence-electron chi connectivity index (χ0n) is 15.7. The van der Waals surface area contributed by atoms with Crippen molar-refractivity contribution in [3.8, 4) is 0 Å². The molecule has 0 unspecified atom stereocenters. The summed E-state index contributed by atoms with van der Waals surface area (Å²) < 4.78 is 7.69. The van der Waals surface area contributed by atoms with E-state index in [0.717, 1.165) is 35.7 Å². The molecule has 0 atom stereocenters. The number of methoxy groups -OCH3 is 1. The fourth-order valence-electron chi connectivity index (χ4n) is 3.89. The van der Waals surface area contributed by atoms with E-state index in [9.17, 15) is 0 Å². The minimum Gasteiger partial charge on any atom is -0.494 e. The molecule has 136 valence electrons. The van der Waals surface area contributed by atoms with E-state index >= 15 is 0 Å². The monoisotopic (exact) mass is 349 g/mol. The lowest BCUT2D eigenvalue weighted by molar-refractivity contribution is 0.303. The van der Waals surface area contributed by atoms with Crippen molar-refractivity contribution in [3.05, 3.63) is 64.6 Å². The smallest absolute Gasteiger partial charge is 0.146 e. The summed E-state index contributed by atoms with van der Waals surface area (Å²) in [6.45, 7) is 0. The van der Waals surface area contributed by atoms with Crippen molar-refractivity contribution in [3.63, 3.8) is 0 Å².